The van der Waals surface area contributed by atoms with Crippen LogP contribution in [0.15, 0.2) is 0 Å². The van der Waals surface area contributed by atoms with Crippen LogP contribution in [0.2, 0.25) is 0 Å². The van der Waals surface area contributed by atoms with Gasteiger partial charge in [-0.25, -0.2) is 0 Å². The lowest BCUT2D eigenvalue weighted by molar-refractivity contribution is -0.141. The fourth-order valence-corrected chi connectivity index (χ4v) is 8.03. The molecule has 0 aliphatic carbocycles. The molecule has 0 bridgehead atoms. The molecule has 0 aliphatic heterocycles. The van der Waals surface area contributed by atoms with Crippen LogP contribution in [0.3, 0.4) is 0 Å². The molecule has 0 rings (SSSR count). The van der Waals surface area contributed by atoms with Crippen molar-refractivity contribution in [2.75, 3.05) is 6.54 Å². The van der Waals surface area contributed by atoms with Crippen molar-refractivity contribution in [1.29, 1.82) is 0 Å². The van der Waals surface area contributed by atoms with Crippen LogP contribution >= 0.6 is 0 Å². The molecule has 0 radical (unpaired) electrons. The Balaban J connectivity index is 6.73. The Morgan fingerprint density at radius 3 is 1.24 bits per heavy atom. The van der Waals surface area contributed by atoms with Crippen molar-refractivity contribution in [2.45, 2.75) is 205 Å². The molecule has 0 saturated carbocycles. The first-order valence-electron chi connectivity index (χ1n) is 28.1. The normalized spacial score (nSPS) is 15.6. The molecule has 0 fully saturated rings. The Bertz CT molecular complexity index is 2460. The van der Waals surface area contributed by atoms with Crippen molar-refractivity contribution in [2.24, 2.45) is 52.2 Å². The highest BCUT2D eigenvalue weighted by molar-refractivity contribution is 6.01. The number of aliphatic hydroxyl groups excluding tert-OH is 1. The highest BCUT2D eigenvalue weighted by Gasteiger charge is 2.38. The zero-order chi connectivity index (χ0) is 67.2. The number of carbonyl (C=O) groups is 16. The number of primary amides is 4. The number of rotatable bonds is 43. The van der Waals surface area contributed by atoms with Gasteiger partial charge in [0.25, 0.3) is 0 Å². The second-order valence-electron chi connectivity index (χ2n) is 21.7. The second-order valence-corrected chi connectivity index (χ2v) is 21.7. The molecule has 35 nitrogen and oxygen atoms in total. The summed E-state index contributed by atoms with van der Waals surface area (Å²) in [6, 6.07) is -17.7. The Labute approximate surface area is 502 Å². The van der Waals surface area contributed by atoms with Gasteiger partial charge in [-0.2, -0.15) is 0 Å². The maximum atomic E-state index is 14.2. The lowest BCUT2D eigenvalue weighted by Gasteiger charge is -2.30. The van der Waals surface area contributed by atoms with E-state index in [1.165, 1.54) is 13.8 Å². The monoisotopic (exact) mass is 1240 g/mol. The first kappa shape index (κ1) is 78.4. The minimum absolute atomic E-state index is 0.0503. The van der Waals surface area contributed by atoms with Gasteiger partial charge in [-0.3, -0.25) is 76.7 Å². The van der Waals surface area contributed by atoms with Crippen LogP contribution in [-0.4, -0.2) is 189 Å². The van der Waals surface area contributed by atoms with E-state index in [4.69, 9.17) is 39.5 Å². The van der Waals surface area contributed by atoms with Crippen LogP contribution < -0.4 is 87.6 Å². The average Bonchev–Trinajstić information content (AvgIpc) is 3.63. The molecule has 0 heterocycles. The molecule has 25 N–H and O–H groups in total. The fraction of sp³-hybridized carbons (Fsp3) is 0.692. The third-order valence-corrected chi connectivity index (χ3v) is 13.2. The Morgan fingerprint density at radius 2 is 0.816 bits per heavy atom. The second kappa shape index (κ2) is 39.2. The van der Waals surface area contributed by atoms with Crippen molar-refractivity contribution in [3.63, 3.8) is 0 Å². The number of nitrogens with two attached hydrogens (primary N) is 6. The molecule has 14 amide bonds. The van der Waals surface area contributed by atoms with Crippen LogP contribution in [0.1, 0.15) is 132 Å². The molecule has 492 valence electrons. The van der Waals surface area contributed by atoms with Crippen molar-refractivity contribution >= 4 is 94.6 Å². The summed E-state index contributed by atoms with van der Waals surface area (Å²) < 4.78 is 0. The smallest absolute Gasteiger partial charge is 0.305 e. The van der Waals surface area contributed by atoms with Crippen LogP contribution in [0.25, 0.3) is 0 Å². The predicted molar refractivity (Wildman–Crippen MR) is 306 cm³/mol. The SMILES string of the molecule is CC[C@H](C)[C@H](NC(=O)[C@H](C)NC(=O)[C@@H](NC(=O)[C@H](CC(C)C)NC(=O)[C@H](CC(=O)O)NC(=O)[C@@H](N)[C@@H](C)O)C(C)C)C(=O)N[C@@H](CCC(N)=O)C(=O)N[C@@H](CC(N)=O)C(=O)N[C@@H](CCCCN)C(=O)N[C@@H](CC(N)=O)C(=O)N[C@@H](CCC(=O)O)C(N)=O. The van der Waals surface area contributed by atoms with E-state index in [0.717, 1.165) is 0 Å². The van der Waals surface area contributed by atoms with Crippen LogP contribution in [0.4, 0.5) is 0 Å². The number of carboxylic acid groups (broad SMARTS) is 2. The van der Waals surface area contributed by atoms with Crippen LogP contribution in [0.5, 0.6) is 0 Å². The lowest BCUT2D eigenvalue weighted by Crippen LogP contribution is -2.62. The summed E-state index contributed by atoms with van der Waals surface area (Å²) in [6.45, 7) is 12.2. The summed E-state index contributed by atoms with van der Waals surface area (Å²) in [4.78, 5) is 208. The highest BCUT2D eigenvalue weighted by Crippen LogP contribution is 2.14. The first-order chi connectivity index (χ1) is 40.4. The zero-order valence-electron chi connectivity index (χ0n) is 50.2. The maximum absolute atomic E-state index is 14.2. The summed E-state index contributed by atoms with van der Waals surface area (Å²) in [5.74, 6) is -19.7. The molecule has 0 saturated heterocycles. The third kappa shape index (κ3) is 30.4. The minimum atomic E-state index is -1.92. The number of hydrogen-bond donors (Lipinski definition) is 19. The molecule has 87 heavy (non-hydrogen) atoms. The van der Waals surface area contributed by atoms with Crippen molar-refractivity contribution in [3.05, 3.63) is 0 Å². The summed E-state index contributed by atoms with van der Waals surface area (Å²) >= 11 is 0. The van der Waals surface area contributed by atoms with Gasteiger partial charge in [0.05, 0.1) is 25.4 Å². The van der Waals surface area contributed by atoms with E-state index < -0.39 is 224 Å². The van der Waals surface area contributed by atoms with Crippen molar-refractivity contribution in [3.8, 4) is 0 Å². The molecule has 13 atom stereocenters. The van der Waals surface area contributed by atoms with Gasteiger partial charge in [0.15, 0.2) is 0 Å². The standard InChI is InChI=1S/C52H90N16O19/c1-9-24(6)41(68-43(78)25(7)59-51(86)40(23(4)5)67-49(84)30(18-22(2)3)63-48(83)33(21-38(75)76)66-50(85)39(57)26(8)69)52(87)62-29(13-15-34(54)70)45(80)65-32(20-36(56)72)47(82)61-28(12-10-11-17-53)44(79)64-31(19-35(55)71)46(81)60-27(42(58)77)14-16-37(73)74/h22-33,39-41,69H,9-21,53,57H2,1-8H3,(H2,54,70)(H2,55,71)(H2,56,72)(H2,58,77)(H,59,86)(H,60,81)(H,61,82)(H,62,87)(H,63,83)(H,64,79)(H,65,80)(H,66,85)(H,67,84)(H,68,78)(H,73,74)(H,75,76)/t24-,25-,26+,27-,28-,29-,30-,31-,32-,33-,39-,40-,41-/m0/s1. The summed E-state index contributed by atoms with van der Waals surface area (Å²) in [6.07, 6.45) is -5.94. The van der Waals surface area contributed by atoms with Crippen molar-refractivity contribution in [1.82, 2.24) is 53.2 Å². The summed E-state index contributed by atoms with van der Waals surface area (Å²) in [5, 5.41) is 51.7. The van der Waals surface area contributed by atoms with Crippen LogP contribution in [-0.2, 0) is 76.7 Å². The number of hydrogen-bond acceptors (Lipinski definition) is 19. The van der Waals surface area contributed by atoms with Gasteiger partial charge in [0.2, 0.25) is 82.7 Å². The number of aliphatic hydroxyl groups is 1. The van der Waals surface area contributed by atoms with Gasteiger partial charge in [-0.1, -0.05) is 48.0 Å². The third-order valence-electron chi connectivity index (χ3n) is 13.2. The Hall–Kier alpha value is -8.60. The van der Waals surface area contributed by atoms with Crippen molar-refractivity contribution < 1.29 is 92.0 Å². The number of carbonyl (C=O) groups excluding carboxylic acids is 14. The van der Waals surface area contributed by atoms with E-state index in [1.54, 1.807) is 41.5 Å². The molecule has 0 aliphatic rings. The number of unbranched alkanes of at least 4 members (excludes halogenated alkanes) is 1. The largest absolute Gasteiger partial charge is 0.481 e. The number of aliphatic carboxylic acids is 2. The van der Waals surface area contributed by atoms with Gasteiger partial charge in [0, 0.05) is 12.8 Å². The quantitative estimate of drug-likeness (QED) is 0.0252. The van der Waals surface area contributed by atoms with E-state index in [-0.39, 0.29) is 44.6 Å². The molecule has 0 aromatic heterocycles. The first-order valence-corrected chi connectivity index (χ1v) is 28.1. The Kier molecular flexibility index (Phi) is 35.3. The Morgan fingerprint density at radius 1 is 0.414 bits per heavy atom. The van der Waals surface area contributed by atoms with Crippen LogP contribution in [0, 0.1) is 17.8 Å². The van der Waals surface area contributed by atoms with E-state index in [2.05, 4.69) is 53.2 Å². The number of carboxylic acids is 2. The van der Waals surface area contributed by atoms with E-state index in [0.29, 0.717) is 0 Å². The molecular weight excluding hydrogens is 1150 g/mol. The predicted octanol–water partition coefficient (Wildman–Crippen LogP) is -7.72. The highest BCUT2D eigenvalue weighted by atomic mass is 16.4. The summed E-state index contributed by atoms with van der Waals surface area (Å²) in [5.41, 5.74) is 32.7. The lowest BCUT2D eigenvalue weighted by atomic mass is 9.97. The molecule has 35 heteroatoms. The number of amides is 14. The molecule has 0 spiro atoms. The number of nitrogens with one attached hydrogen (secondary N) is 10. The van der Waals surface area contributed by atoms with Gasteiger partial charge < -0.3 is 103 Å². The van der Waals surface area contributed by atoms with Gasteiger partial charge in [-0.05, 0) is 76.7 Å². The van der Waals surface area contributed by atoms with E-state index >= 15 is 0 Å². The van der Waals surface area contributed by atoms with Gasteiger partial charge in [0.1, 0.15) is 66.5 Å². The topological polar surface area (TPSA) is 610 Å². The molecular formula is C52H90N16O19. The molecule has 0 aromatic rings. The average molecular weight is 1240 g/mol. The van der Waals surface area contributed by atoms with E-state index in [1.807, 2.05) is 0 Å². The minimum Gasteiger partial charge on any atom is -0.481 e. The van der Waals surface area contributed by atoms with Gasteiger partial charge in [-0.15, -0.1) is 0 Å². The fourth-order valence-electron chi connectivity index (χ4n) is 8.03. The van der Waals surface area contributed by atoms with E-state index in [9.17, 15) is 86.9 Å². The molecule has 0 unspecified atom stereocenters. The maximum Gasteiger partial charge on any atom is 0.305 e. The zero-order valence-corrected chi connectivity index (χ0v) is 50.2. The molecule has 0 aromatic carbocycles. The summed E-state index contributed by atoms with van der Waals surface area (Å²) in [7, 11) is 0. The van der Waals surface area contributed by atoms with Gasteiger partial charge >= 0.3 is 11.9 Å².